The molecule has 0 saturated heterocycles. The molecule has 0 unspecified atom stereocenters. The van der Waals surface area contributed by atoms with Gasteiger partial charge in [0.15, 0.2) is 11.5 Å². The Labute approximate surface area is 142 Å². The van der Waals surface area contributed by atoms with Gasteiger partial charge >= 0.3 is 5.69 Å². The third kappa shape index (κ3) is 3.81. The number of nitrogens with one attached hydrogen (secondary N) is 4. The van der Waals surface area contributed by atoms with Gasteiger partial charge in [0.05, 0.1) is 16.7 Å². The number of hydrogen-bond acceptors (Lipinski definition) is 5. The first kappa shape index (κ1) is 16.2. The SMILES string of the molecule is CC(=O)/C(=N/Nc1ccccc1)C(=O)Nc1ccc2[nH]c(=O)[nH]c2c1. The third-order valence-corrected chi connectivity index (χ3v) is 3.39. The number of carbonyl (C=O) groups is 2. The fourth-order valence-corrected chi connectivity index (χ4v) is 2.22. The molecule has 3 aromatic rings. The van der Waals surface area contributed by atoms with Crippen LogP contribution in [-0.2, 0) is 9.59 Å². The van der Waals surface area contributed by atoms with Gasteiger partial charge in [-0.1, -0.05) is 18.2 Å². The Morgan fingerprint density at radius 3 is 2.40 bits per heavy atom. The lowest BCUT2D eigenvalue weighted by atomic mass is 10.2. The Morgan fingerprint density at radius 2 is 1.68 bits per heavy atom. The molecule has 1 amide bonds. The number of anilines is 2. The number of carbonyl (C=O) groups excluding carboxylic acids is 2. The van der Waals surface area contributed by atoms with E-state index in [1.807, 2.05) is 6.07 Å². The normalized spacial score (nSPS) is 11.3. The number of hydrogen-bond donors (Lipinski definition) is 4. The van der Waals surface area contributed by atoms with Gasteiger partial charge in [-0.25, -0.2) is 4.79 Å². The van der Waals surface area contributed by atoms with Crippen molar-refractivity contribution >= 4 is 39.8 Å². The van der Waals surface area contributed by atoms with Gasteiger partial charge in [0.25, 0.3) is 5.91 Å². The molecule has 8 heteroatoms. The number of nitrogens with zero attached hydrogens (tertiary/aromatic N) is 1. The van der Waals surface area contributed by atoms with Crippen LogP contribution in [0.3, 0.4) is 0 Å². The van der Waals surface area contributed by atoms with Crippen molar-refractivity contribution in [3.05, 3.63) is 59.0 Å². The second kappa shape index (κ2) is 6.83. The molecule has 0 saturated carbocycles. The molecule has 25 heavy (non-hydrogen) atoms. The largest absolute Gasteiger partial charge is 0.323 e. The van der Waals surface area contributed by atoms with Gasteiger partial charge in [-0.3, -0.25) is 15.0 Å². The van der Waals surface area contributed by atoms with Gasteiger partial charge in [-0.15, -0.1) is 0 Å². The minimum atomic E-state index is -0.645. The summed E-state index contributed by atoms with van der Waals surface area (Å²) >= 11 is 0. The smallest absolute Gasteiger partial charge is 0.320 e. The number of imidazole rings is 1. The standard InChI is InChI=1S/C17H15N5O3/c1-10(23)15(22-21-11-5-3-2-4-6-11)16(24)18-12-7-8-13-14(9-12)20-17(25)19-13/h2-9,21H,1H3,(H,18,24)(H2,19,20,25)/b22-15-. The van der Waals surface area contributed by atoms with Crippen molar-refractivity contribution in [1.29, 1.82) is 0 Å². The highest BCUT2D eigenvalue weighted by Crippen LogP contribution is 2.14. The predicted molar refractivity (Wildman–Crippen MR) is 95.7 cm³/mol. The number of ketones is 1. The molecular weight excluding hydrogens is 322 g/mol. The summed E-state index contributed by atoms with van der Waals surface area (Å²) < 4.78 is 0. The van der Waals surface area contributed by atoms with E-state index in [-0.39, 0.29) is 11.4 Å². The van der Waals surface area contributed by atoms with Crippen LogP contribution in [0.4, 0.5) is 11.4 Å². The molecule has 0 aliphatic heterocycles. The van der Waals surface area contributed by atoms with Gasteiger partial charge in [0, 0.05) is 12.6 Å². The van der Waals surface area contributed by atoms with Gasteiger partial charge in [0.2, 0.25) is 0 Å². The van der Waals surface area contributed by atoms with Crippen molar-refractivity contribution in [2.24, 2.45) is 5.10 Å². The summed E-state index contributed by atoms with van der Waals surface area (Å²) in [7, 11) is 0. The number of amides is 1. The Hall–Kier alpha value is -3.68. The molecule has 126 valence electrons. The van der Waals surface area contributed by atoms with Gasteiger partial charge < -0.3 is 15.3 Å². The zero-order valence-corrected chi connectivity index (χ0v) is 13.3. The van der Waals surface area contributed by atoms with E-state index in [2.05, 4.69) is 25.8 Å². The van der Waals surface area contributed by atoms with Crippen LogP contribution in [0.25, 0.3) is 11.0 Å². The zero-order chi connectivity index (χ0) is 17.8. The van der Waals surface area contributed by atoms with Crippen molar-refractivity contribution < 1.29 is 9.59 Å². The van der Waals surface area contributed by atoms with Crippen molar-refractivity contribution in [1.82, 2.24) is 9.97 Å². The summed E-state index contributed by atoms with van der Waals surface area (Å²) in [5.74, 6) is -1.12. The molecule has 1 aromatic heterocycles. The molecule has 0 spiro atoms. The highest BCUT2D eigenvalue weighted by Gasteiger charge is 2.17. The first-order valence-electron chi connectivity index (χ1n) is 7.46. The molecule has 0 bridgehead atoms. The Morgan fingerprint density at radius 1 is 0.960 bits per heavy atom. The molecule has 0 atom stereocenters. The van der Waals surface area contributed by atoms with E-state index in [1.54, 1.807) is 42.5 Å². The van der Waals surface area contributed by atoms with Crippen molar-refractivity contribution in [3.63, 3.8) is 0 Å². The molecule has 2 aromatic carbocycles. The average Bonchev–Trinajstić information content (AvgIpc) is 2.95. The molecule has 0 fully saturated rings. The maximum atomic E-state index is 12.3. The highest BCUT2D eigenvalue weighted by atomic mass is 16.2. The van der Waals surface area contributed by atoms with Crippen LogP contribution in [0, 0.1) is 0 Å². The van der Waals surface area contributed by atoms with Crippen molar-refractivity contribution in [2.45, 2.75) is 6.92 Å². The quantitative estimate of drug-likeness (QED) is 0.323. The van der Waals surface area contributed by atoms with Gasteiger partial charge in [-0.2, -0.15) is 5.10 Å². The highest BCUT2D eigenvalue weighted by molar-refractivity contribution is 6.67. The third-order valence-electron chi connectivity index (χ3n) is 3.39. The second-order valence-electron chi connectivity index (χ2n) is 5.29. The predicted octanol–water partition coefficient (Wildman–Crippen LogP) is 1.85. The lowest BCUT2D eigenvalue weighted by Gasteiger charge is -2.07. The maximum absolute atomic E-state index is 12.3. The molecule has 1 heterocycles. The van der Waals surface area contributed by atoms with E-state index in [1.165, 1.54) is 6.92 Å². The van der Waals surface area contributed by atoms with E-state index in [0.717, 1.165) is 0 Å². The lowest BCUT2D eigenvalue weighted by Crippen LogP contribution is -2.29. The number of benzene rings is 2. The molecule has 0 aliphatic rings. The second-order valence-corrected chi connectivity index (χ2v) is 5.29. The minimum Gasteiger partial charge on any atom is -0.320 e. The first-order valence-corrected chi connectivity index (χ1v) is 7.46. The van der Waals surface area contributed by atoms with Crippen LogP contribution < -0.4 is 16.4 Å². The summed E-state index contributed by atoms with van der Waals surface area (Å²) in [5.41, 5.74) is 4.34. The fraction of sp³-hybridized carbons (Fsp3) is 0.0588. The van der Waals surface area contributed by atoms with Crippen molar-refractivity contribution in [3.8, 4) is 0 Å². The summed E-state index contributed by atoms with van der Waals surface area (Å²) in [6.07, 6.45) is 0. The van der Waals surface area contributed by atoms with E-state index < -0.39 is 11.7 Å². The van der Waals surface area contributed by atoms with Crippen LogP contribution in [0.5, 0.6) is 0 Å². The summed E-state index contributed by atoms with van der Waals surface area (Å²) in [6, 6.07) is 13.8. The van der Waals surface area contributed by atoms with E-state index in [9.17, 15) is 14.4 Å². The Balaban J connectivity index is 1.79. The molecule has 4 N–H and O–H groups in total. The number of Topliss-reactive ketones (excluding diaryl/α,β-unsaturated/α-hetero) is 1. The number of fused-ring (bicyclic) bond motifs is 1. The number of rotatable bonds is 5. The fourth-order valence-electron chi connectivity index (χ4n) is 2.22. The van der Waals surface area contributed by atoms with Crippen molar-refractivity contribution in [2.75, 3.05) is 10.7 Å². The molecule has 8 nitrogen and oxygen atoms in total. The summed E-state index contributed by atoms with van der Waals surface area (Å²) in [6.45, 7) is 1.26. The molecule has 3 rings (SSSR count). The molecular formula is C17H15N5O3. The summed E-state index contributed by atoms with van der Waals surface area (Å²) in [4.78, 5) is 40.5. The minimum absolute atomic E-state index is 0.258. The first-order chi connectivity index (χ1) is 12.0. The monoisotopic (exact) mass is 337 g/mol. The zero-order valence-electron chi connectivity index (χ0n) is 13.3. The van der Waals surface area contributed by atoms with E-state index in [0.29, 0.717) is 22.4 Å². The average molecular weight is 337 g/mol. The Bertz CT molecular complexity index is 1020. The topological polar surface area (TPSA) is 119 Å². The van der Waals surface area contributed by atoms with Gasteiger partial charge in [-0.05, 0) is 30.3 Å². The van der Waals surface area contributed by atoms with Crippen LogP contribution in [0.1, 0.15) is 6.92 Å². The molecule has 0 aliphatic carbocycles. The number of H-pyrrole nitrogens is 2. The van der Waals surface area contributed by atoms with E-state index >= 15 is 0 Å². The van der Waals surface area contributed by atoms with Crippen LogP contribution in [-0.4, -0.2) is 27.4 Å². The van der Waals surface area contributed by atoms with Crippen LogP contribution in [0.2, 0.25) is 0 Å². The lowest BCUT2D eigenvalue weighted by molar-refractivity contribution is -0.114. The van der Waals surface area contributed by atoms with Gasteiger partial charge in [0.1, 0.15) is 0 Å². The number of hydrazone groups is 1. The maximum Gasteiger partial charge on any atom is 0.323 e. The summed E-state index contributed by atoms with van der Waals surface area (Å²) in [5, 5.41) is 6.49. The Kier molecular flexibility index (Phi) is 4.42. The number of para-hydroxylation sites is 1. The van der Waals surface area contributed by atoms with Crippen LogP contribution >= 0.6 is 0 Å². The number of aromatic nitrogens is 2. The number of aromatic amines is 2. The molecule has 0 radical (unpaired) electrons. The van der Waals surface area contributed by atoms with E-state index in [4.69, 9.17) is 0 Å². The van der Waals surface area contributed by atoms with Crippen LogP contribution in [0.15, 0.2) is 58.4 Å².